The van der Waals surface area contributed by atoms with Gasteiger partial charge in [0.1, 0.15) is 6.10 Å². The SMILES string of the molecule is O=C1CC[C@H]([C@H]2CCCO2)O1. The summed E-state index contributed by atoms with van der Waals surface area (Å²) in [5.74, 6) is -0.0644. The van der Waals surface area contributed by atoms with Crippen LogP contribution in [0.3, 0.4) is 0 Å². The Morgan fingerprint density at radius 3 is 2.73 bits per heavy atom. The Morgan fingerprint density at radius 2 is 2.18 bits per heavy atom. The Bertz CT molecular complexity index is 161. The molecule has 0 aromatic carbocycles. The highest BCUT2D eigenvalue weighted by Crippen LogP contribution is 2.25. The van der Waals surface area contributed by atoms with Gasteiger partial charge in [-0.15, -0.1) is 0 Å². The summed E-state index contributed by atoms with van der Waals surface area (Å²) in [6, 6.07) is 0. The molecule has 0 spiro atoms. The third-order valence-corrected chi connectivity index (χ3v) is 2.30. The van der Waals surface area contributed by atoms with E-state index in [4.69, 9.17) is 9.47 Å². The zero-order valence-electron chi connectivity index (χ0n) is 6.41. The van der Waals surface area contributed by atoms with Crippen LogP contribution >= 0.6 is 0 Å². The number of hydrogen-bond donors (Lipinski definition) is 0. The van der Waals surface area contributed by atoms with Gasteiger partial charge in [0.25, 0.3) is 0 Å². The summed E-state index contributed by atoms with van der Waals surface area (Å²) in [5, 5.41) is 0. The molecule has 2 atom stereocenters. The van der Waals surface area contributed by atoms with Crippen LogP contribution in [0.25, 0.3) is 0 Å². The topological polar surface area (TPSA) is 35.5 Å². The van der Waals surface area contributed by atoms with E-state index in [1.54, 1.807) is 0 Å². The van der Waals surface area contributed by atoms with Crippen molar-refractivity contribution in [3.8, 4) is 0 Å². The minimum absolute atomic E-state index is 0.0602. The van der Waals surface area contributed by atoms with Crippen molar-refractivity contribution in [3.63, 3.8) is 0 Å². The van der Waals surface area contributed by atoms with Gasteiger partial charge in [-0.1, -0.05) is 0 Å². The number of carbonyl (C=O) groups excluding carboxylic acids is 1. The average Bonchev–Trinajstić information content (AvgIpc) is 2.55. The smallest absolute Gasteiger partial charge is 0.306 e. The van der Waals surface area contributed by atoms with Gasteiger partial charge in [0.2, 0.25) is 0 Å². The summed E-state index contributed by atoms with van der Waals surface area (Å²) in [6.45, 7) is 0.832. The third-order valence-electron chi connectivity index (χ3n) is 2.30. The standard InChI is InChI=1S/C8H12O3/c9-8-4-3-7(11-8)6-2-1-5-10-6/h6-7H,1-5H2/t6-,7-/m1/s1. The van der Waals surface area contributed by atoms with E-state index in [0.717, 1.165) is 25.9 Å². The second-order valence-corrected chi connectivity index (χ2v) is 3.12. The molecule has 62 valence electrons. The molecule has 0 bridgehead atoms. The van der Waals surface area contributed by atoms with Crippen LogP contribution in [0.2, 0.25) is 0 Å². The van der Waals surface area contributed by atoms with E-state index >= 15 is 0 Å². The Morgan fingerprint density at radius 1 is 1.27 bits per heavy atom. The predicted octanol–water partition coefficient (Wildman–Crippen LogP) is 0.871. The molecule has 0 unspecified atom stereocenters. The number of hydrogen-bond acceptors (Lipinski definition) is 3. The molecule has 0 aromatic rings. The van der Waals surface area contributed by atoms with Crippen molar-refractivity contribution >= 4 is 5.97 Å². The maximum atomic E-state index is 10.7. The van der Waals surface area contributed by atoms with E-state index in [-0.39, 0.29) is 18.2 Å². The first-order chi connectivity index (χ1) is 5.36. The number of carbonyl (C=O) groups is 1. The predicted molar refractivity (Wildman–Crippen MR) is 38.1 cm³/mol. The third kappa shape index (κ3) is 1.38. The fraction of sp³-hybridized carbons (Fsp3) is 0.875. The summed E-state index contributed by atoms with van der Waals surface area (Å²) >= 11 is 0. The Labute approximate surface area is 65.7 Å². The molecule has 2 saturated heterocycles. The van der Waals surface area contributed by atoms with Gasteiger partial charge < -0.3 is 9.47 Å². The van der Waals surface area contributed by atoms with Crippen molar-refractivity contribution in [2.24, 2.45) is 0 Å². The summed E-state index contributed by atoms with van der Waals surface area (Å²) in [7, 11) is 0. The van der Waals surface area contributed by atoms with Gasteiger partial charge in [-0.05, 0) is 19.3 Å². The molecule has 2 aliphatic rings. The quantitative estimate of drug-likeness (QED) is 0.528. The van der Waals surface area contributed by atoms with Gasteiger partial charge in [0.15, 0.2) is 0 Å². The molecule has 0 N–H and O–H groups in total. The highest BCUT2D eigenvalue weighted by Gasteiger charge is 2.33. The molecule has 11 heavy (non-hydrogen) atoms. The minimum atomic E-state index is -0.0644. The largest absolute Gasteiger partial charge is 0.460 e. The molecule has 2 aliphatic heterocycles. The van der Waals surface area contributed by atoms with Crippen molar-refractivity contribution in [1.29, 1.82) is 0 Å². The lowest BCUT2D eigenvalue weighted by atomic mass is 10.1. The molecule has 0 radical (unpaired) electrons. The second-order valence-electron chi connectivity index (χ2n) is 3.12. The number of esters is 1. The lowest BCUT2D eigenvalue weighted by molar-refractivity contribution is -0.145. The first-order valence-corrected chi connectivity index (χ1v) is 4.17. The minimum Gasteiger partial charge on any atom is -0.460 e. The monoisotopic (exact) mass is 156 g/mol. The summed E-state index contributed by atoms with van der Waals surface area (Å²) in [6.07, 6.45) is 3.84. The van der Waals surface area contributed by atoms with Gasteiger partial charge in [0.05, 0.1) is 6.10 Å². The van der Waals surface area contributed by atoms with Crippen molar-refractivity contribution in [2.75, 3.05) is 6.61 Å². The van der Waals surface area contributed by atoms with Crippen LogP contribution in [-0.2, 0) is 14.3 Å². The van der Waals surface area contributed by atoms with Gasteiger partial charge in [0, 0.05) is 13.0 Å². The molecule has 0 amide bonds. The highest BCUT2D eigenvalue weighted by atomic mass is 16.6. The van der Waals surface area contributed by atoms with Crippen LogP contribution < -0.4 is 0 Å². The molecular formula is C8H12O3. The molecule has 3 nitrogen and oxygen atoms in total. The fourth-order valence-electron chi connectivity index (χ4n) is 1.70. The number of ether oxygens (including phenoxy) is 2. The Balaban J connectivity index is 1.90. The maximum absolute atomic E-state index is 10.7. The van der Waals surface area contributed by atoms with E-state index < -0.39 is 0 Å². The van der Waals surface area contributed by atoms with Crippen LogP contribution in [0.5, 0.6) is 0 Å². The molecule has 0 saturated carbocycles. The van der Waals surface area contributed by atoms with Gasteiger partial charge in [-0.3, -0.25) is 4.79 Å². The van der Waals surface area contributed by atoms with Crippen LogP contribution in [0.4, 0.5) is 0 Å². The van der Waals surface area contributed by atoms with E-state index in [0.29, 0.717) is 6.42 Å². The fourth-order valence-corrected chi connectivity index (χ4v) is 1.70. The zero-order valence-corrected chi connectivity index (χ0v) is 6.41. The zero-order chi connectivity index (χ0) is 7.68. The van der Waals surface area contributed by atoms with E-state index in [1.807, 2.05) is 0 Å². The molecule has 0 aromatic heterocycles. The van der Waals surface area contributed by atoms with Crippen LogP contribution in [0.15, 0.2) is 0 Å². The molecule has 0 aliphatic carbocycles. The number of cyclic esters (lactones) is 1. The van der Waals surface area contributed by atoms with Crippen molar-refractivity contribution in [3.05, 3.63) is 0 Å². The first kappa shape index (κ1) is 7.10. The second kappa shape index (κ2) is 2.81. The van der Waals surface area contributed by atoms with Crippen LogP contribution in [-0.4, -0.2) is 24.8 Å². The van der Waals surface area contributed by atoms with E-state index in [2.05, 4.69) is 0 Å². The molecular weight excluding hydrogens is 144 g/mol. The van der Waals surface area contributed by atoms with Crippen LogP contribution in [0, 0.1) is 0 Å². The highest BCUT2D eigenvalue weighted by molar-refractivity contribution is 5.71. The van der Waals surface area contributed by atoms with E-state index in [1.165, 1.54) is 0 Å². The lowest BCUT2D eigenvalue weighted by Gasteiger charge is -2.15. The van der Waals surface area contributed by atoms with E-state index in [9.17, 15) is 4.79 Å². The Kier molecular flexibility index (Phi) is 1.82. The van der Waals surface area contributed by atoms with Crippen molar-refractivity contribution in [1.82, 2.24) is 0 Å². The molecule has 2 heterocycles. The normalized spacial score (nSPS) is 37.6. The van der Waals surface area contributed by atoms with Gasteiger partial charge in [-0.25, -0.2) is 0 Å². The van der Waals surface area contributed by atoms with Crippen molar-refractivity contribution in [2.45, 2.75) is 37.9 Å². The van der Waals surface area contributed by atoms with Gasteiger partial charge in [-0.2, -0.15) is 0 Å². The van der Waals surface area contributed by atoms with Crippen LogP contribution in [0.1, 0.15) is 25.7 Å². The summed E-state index contributed by atoms with van der Waals surface area (Å²) in [5.41, 5.74) is 0. The average molecular weight is 156 g/mol. The first-order valence-electron chi connectivity index (χ1n) is 4.17. The summed E-state index contributed by atoms with van der Waals surface area (Å²) < 4.78 is 10.5. The molecule has 2 rings (SSSR count). The van der Waals surface area contributed by atoms with Gasteiger partial charge >= 0.3 is 5.97 Å². The van der Waals surface area contributed by atoms with Crippen molar-refractivity contribution < 1.29 is 14.3 Å². The maximum Gasteiger partial charge on any atom is 0.306 e. The Hall–Kier alpha value is -0.570. The summed E-state index contributed by atoms with van der Waals surface area (Å²) in [4.78, 5) is 10.7. The molecule has 2 fully saturated rings. The lowest BCUT2D eigenvalue weighted by Crippen LogP contribution is -2.24. The number of rotatable bonds is 1. The molecule has 3 heteroatoms.